The molecule has 0 saturated heterocycles. The molecule has 1 aliphatic heterocycles. The molecule has 1 aliphatic rings. The normalized spacial score (nSPS) is 15.1. The lowest BCUT2D eigenvalue weighted by Gasteiger charge is -2.24. The van der Waals surface area contributed by atoms with Crippen molar-refractivity contribution < 1.29 is 4.42 Å². The molecule has 1 aromatic heterocycles. The van der Waals surface area contributed by atoms with Crippen LogP contribution in [0.5, 0.6) is 0 Å². The average molecular weight is 528 g/mol. The maximum Gasteiger partial charge on any atom is 0.159 e. The van der Waals surface area contributed by atoms with E-state index < -0.39 is 0 Å². The van der Waals surface area contributed by atoms with Gasteiger partial charge in [-0.2, -0.15) is 0 Å². The fourth-order valence-electron chi connectivity index (χ4n) is 5.70. The largest absolute Gasteiger partial charge is 0.456 e. The Morgan fingerprint density at radius 2 is 1.27 bits per heavy atom. The van der Waals surface area contributed by atoms with Crippen molar-refractivity contribution >= 4 is 44.4 Å². The summed E-state index contributed by atoms with van der Waals surface area (Å²) in [4.78, 5) is 10.2. The van der Waals surface area contributed by atoms with Crippen molar-refractivity contribution in [3.8, 4) is 11.1 Å². The zero-order chi connectivity index (χ0) is 27.2. The number of aliphatic imine (C=N–C) groups is 2. The molecule has 4 nitrogen and oxygen atoms in total. The summed E-state index contributed by atoms with van der Waals surface area (Å²) >= 11 is 0. The Labute approximate surface area is 237 Å². The van der Waals surface area contributed by atoms with Crippen LogP contribution in [0.15, 0.2) is 154 Å². The van der Waals surface area contributed by atoms with Crippen molar-refractivity contribution in [2.75, 3.05) is 0 Å². The van der Waals surface area contributed by atoms with E-state index in [1.54, 1.807) is 0 Å². The van der Waals surface area contributed by atoms with Gasteiger partial charge in [0.25, 0.3) is 0 Å². The fraction of sp³-hybridized carbons (Fsp3) is 0.0270. The summed E-state index contributed by atoms with van der Waals surface area (Å²) in [6.07, 6.45) is -0.345. The summed E-state index contributed by atoms with van der Waals surface area (Å²) in [6.45, 7) is 0. The Morgan fingerprint density at radius 3 is 2.10 bits per heavy atom. The molecule has 0 spiro atoms. The van der Waals surface area contributed by atoms with Crippen molar-refractivity contribution in [1.29, 1.82) is 0 Å². The minimum absolute atomic E-state index is 0.345. The van der Waals surface area contributed by atoms with E-state index in [4.69, 9.17) is 14.4 Å². The van der Waals surface area contributed by atoms with Crippen molar-refractivity contribution in [1.82, 2.24) is 5.32 Å². The number of rotatable bonds is 4. The van der Waals surface area contributed by atoms with Gasteiger partial charge < -0.3 is 9.73 Å². The average Bonchev–Trinajstić information content (AvgIpc) is 3.43. The molecule has 8 rings (SSSR count). The lowest BCUT2D eigenvalue weighted by Crippen LogP contribution is -2.33. The summed E-state index contributed by atoms with van der Waals surface area (Å²) in [5.41, 5.74) is 7.05. The highest BCUT2D eigenvalue weighted by Gasteiger charge is 2.24. The van der Waals surface area contributed by atoms with E-state index in [-0.39, 0.29) is 6.17 Å². The van der Waals surface area contributed by atoms with Crippen LogP contribution in [0, 0.1) is 0 Å². The van der Waals surface area contributed by atoms with Crippen LogP contribution in [-0.2, 0) is 0 Å². The summed E-state index contributed by atoms with van der Waals surface area (Å²) in [5.74, 6) is 1.50. The smallest absolute Gasteiger partial charge is 0.159 e. The first kappa shape index (κ1) is 23.4. The van der Waals surface area contributed by atoms with Gasteiger partial charge in [-0.1, -0.05) is 115 Å². The van der Waals surface area contributed by atoms with E-state index in [0.717, 1.165) is 55.6 Å². The van der Waals surface area contributed by atoms with Crippen molar-refractivity contribution in [2.24, 2.45) is 9.98 Å². The zero-order valence-electron chi connectivity index (χ0n) is 22.2. The molecule has 0 fully saturated rings. The third-order valence-electron chi connectivity index (χ3n) is 7.73. The van der Waals surface area contributed by atoms with Gasteiger partial charge in [0.2, 0.25) is 0 Å². The lowest BCUT2D eigenvalue weighted by molar-refractivity contribution is 0.662. The maximum atomic E-state index is 6.41. The van der Waals surface area contributed by atoms with E-state index in [1.807, 2.05) is 36.4 Å². The molecule has 1 unspecified atom stereocenters. The van der Waals surface area contributed by atoms with Crippen LogP contribution in [-0.4, -0.2) is 11.7 Å². The molecular formula is C37H25N3O. The van der Waals surface area contributed by atoms with Crippen LogP contribution < -0.4 is 5.32 Å². The Morgan fingerprint density at radius 1 is 0.537 bits per heavy atom. The van der Waals surface area contributed by atoms with E-state index in [2.05, 4.69) is 108 Å². The predicted molar refractivity (Wildman–Crippen MR) is 168 cm³/mol. The van der Waals surface area contributed by atoms with E-state index >= 15 is 0 Å². The van der Waals surface area contributed by atoms with Gasteiger partial charge in [-0.15, -0.1) is 0 Å². The van der Waals surface area contributed by atoms with Gasteiger partial charge in [-0.25, -0.2) is 9.98 Å². The topological polar surface area (TPSA) is 49.9 Å². The van der Waals surface area contributed by atoms with E-state index in [1.165, 1.54) is 10.8 Å². The van der Waals surface area contributed by atoms with E-state index in [0.29, 0.717) is 5.84 Å². The third kappa shape index (κ3) is 4.17. The summed E-state index contributed by atoms with van der Waals surface area (Å²) in [7, 11) is 0. The zero-order valence-corrected chi connectivity index (χ0v) is 22.2. The standard InChI is InChI=1S/C37H25N3O/c1-3-10-24(11-4-1)28-20-21-30-33(23-28)41-32-17-9-16-31(34(30)32)37-39-35(26-13-5-2-6-14-26)38-36(40-37)29-19-18-25-12-7-8-15-27(25)22-29/h1-23,37H,(H,38,39,40). The number of nitrogens with one attached hydrogen (secondary N) is 1. The molecule has 0 radical (unpaired) electrons. The fourth-order valence-corrected chi connectivity index (χ4v) is 5.70. The van der Waals surface area contributed by atoms with Gasteiger partial charge in [0.15, 0.2) is 5.84 Å². The van der Waals surface area contributed by atoms with Crippen LogP contribution in [0.4, 0.5) is 0 Å². The third-order valence-corrected chi connectivity index (χ3v) is 7.73. The summed E-state index contributed by atoms with van der Waals surface area (Å²) in [6, 6.07) is 48.1. The number of nitrogens with zero attached hydrogens (tertiary/aromatic N) is 2. The Bertz CT molecular complexity index is 2120. The van der Waals surface area contributed by atoms with E-state index in [9.17, 15) is 0 Å². The quantitative estimate of drug-likeness (QED) is 0.248. The molecule has 1 N–H and O–H groups in total. The second-order valence-electron chi connectivity index (χ2n) is 10.3. The van der Waals surface area contributed by atoms with Crippen LogP contribution in [0.2, 0.25) is 0 Å². The number of fused-ring (bicyclic) bond motifs is 4. The van der Waals surface area contributed by atoms with Crippen LogP contribution in [0.3, 0.4) is 0 Å². The van der Waals surface area contributed by atoms with Gasteiger partial charge in [-0.05, 0) is 46.2 Å². The van der Waals surface area contributed by atoms with Gasteiger partial charge in [0.1, 0.15) is 23.2 Å². The molecule has 41 heavy (non-hydrogen) atoms. The first-order valence-electron chi connectivity index (χ1n) is 13.8. The first-order chi connectivity index (χ1) is 20.3. The molecule has 7 aromatic rings. The SMILES string of the molecule is c1ccc(C2=NC(c3cccc4oc5cc(-c6ccccc6)ccc5c34)NC(c3ccc4ccccc4c3)=N2)cc1. The molecule has 1 atom stereocenters. The molecular weight excluding hydrogens is 502 g/mol. The molecule has 0 amide bonds. The minimum atomic E-state index is -0.345. The molecule has 194 valence electrons. The predicted octanol–water partition coefficient (Wildman–Crippen LogP) is 8.90. The number of furan rings is 1. The molecule has 0 aliphatic carbocycles. The second-order valence-corrected chi connectivity index (χ2v) is 10.3. The van der Waals surface area contributed by atoms with Crippen LogP contribution in [0.1, 0.15) is 22.9 Å². The molecule has 4 heteroatoms. The highest BCUT2D eigenvalue weighted by Crippen LogP contribution is 2.37. The number of benzene rings is 6. The Balaban J connectivity index is 1.27. The Hall–Kier alpha value is -5.48. The van der Waals surface area contributed by atoms with Gasteiger partial charge >= 0.3 is 0 Å². The van der Waals surface area contributed by atoms with Crippen molar-refractivity contribution in [2.45, 2.75) is 6.17 Å². The second kappa shape index (κ2) is 9.61. The van der Waals surface area contributed by atoms with Gasteiger partial charge in [0.05, 0.1) is 0 Å². The van der Waals surface area contributed by atoms with Crippen molar-refractivity contribution in [3.63, 3.8) is 0 Å². The van der Waals surface area contributed by atoms with Gasteiger partial charge in [0, 0.05) is 27.5 Å². The molecule has 2 heterocycles. The minimum Gasteiger partial charge on any atom is -0.456 e. The highest BCUT2D eigenvalue weighted by molar-refractivity contribution is 6.14. The lowest BCUT2D eigenvalue weighted by atomic mass is 10.00. The maximum absolute atomic E-state index is 6.41. The number of amidine groups is 2. The molecule has 0 bridgehead atoms. The molecule has 6 aromatic carbocycles. The summed E-state index contributed by atoms with van der Waals surface area (Å²) < 4.78 is 6.41. The first-order valence-corrected chi connectivity index (χ1v) is 13.8. The number of hydrogen-bond donors (Lipinski definition) is 1. The van der Waals surface area contributed by atoms with Gasteiger partial charge in [-0.3, -0.25) is 0 Å². The highest BCUT2D eigenvalue weighted by atomic mass is 16.3. The summed E-state index contributed by atoms with van der Waals surface area (Å²) in [5, 5.41) is 8.17. The monoisotopic (exact) mass is 527 g/mol. The van der Waals surface area contributed by atoms with Crippen LogP contribution >= 0.6 is 0 Å². The number of hydrogen-bond acceptors (Lipinski definition) is 4. The molecule has 0 saturated carbocycles. The van der Waals surface area contributed by atoms with Crippen LogP contribution in [0.25, 0.3) is 43.8 Å². The Kier molecular flexibility index (Phi) is 5.49. The van der Waals surface area contributed by atoms with Crippen molar-refractivity contribution in [3.05, 3.63) is 156 Å².